The van der Waals surface area contributed by atoms with E-state index in [9.17, 15) is 0 Å². The SMILES string of the molecule is CC(C)(C)c1cc(-c2nnc(C(Cl)(Cl)Cl)o2)cc(C(C)(C)C)c1. The van der Waals surface area contributed by atoms with Crippen molar-refractivity contribution in [2.24, 2.45) is 0 Å². The summed E-state index contributed by atoms with van der Waals surface area (Å²) in [4.78, 5) is 0. The first-order valence-electron chi connectivity index (χ1n) is 7.35. The summed E-state index contributed by atoms with van der Waals surface area (Å²) >= 11 is 17.4. The van der Waals surface area contributed by atoms with Crippen molar-refractivity contribution in [1.29, 1.82) is 0 Å². The smallest absolute Gasteiger partial charge is 0.268 e. The van der Waals surface area contributed by atoms with Crippen LogP contribution < -0.4 is 0 Å². The van der Waals surface area contributed by atoms with E-state index in [0.717, 1.165) is 5.56 Å². The minimum absolute atomic E-state index is 0.00588. The summed E-state index contributed by atoms with van der Waals surface area (Å²) in [6.07, 6.45) is 0. The summed E-state index contributed by atoms with van der Waals surface area (Å²) < 4.78 is 3.83. The third-order valence-corrected chi connectivity index (χ3v) is 4.06. The van der Waals surface area contributed by atoms with E-state index in [0.29, 0.717) is 5.89 Å². The molecule has 0 radical (unpaired) electrons. The molecule has 0 aliphatic rings. The van der Waals surface area contributed by atoms with E-state index in [-0.39, 0.29) is 16.7 Å². The van der Waals surface area contributed by atoms with Crippen LogP contribution in [0.25, 0.3) is 11.5 Å². The normalized spacial score (nSPS) is 13.4. The van der Waals surface area contributed by atoms with E-state index in [1.807, 2.05) is 12.1 Å². The van der Waals surface area contributed by atoms with E-state index in [1.165, 1.54) is 11.1 Å². The predicted octanol–water partition coefficient (Wildman–Crippen LogP) is 6.16. The molecule has 0 unspecified atom stereocenters. The Labute approximate surface area is 152 Å². The highest BCUT2D eigenvalue weighted by Crippen LogP contribution is 2.39. The zero-order valence-corrected chi connectivity index (χ0v) is 16.4. The van der Waals surface area contributed by atoms with Gasteiger partial charge in [0, 0.05) is 5.56 Å². The number of alkyl halides is 3. The fourth-order valence-corrected chi connectivity index (χ4v) is 2.30. The maximum Gasteiger partial charge on any atom is 0.268 e. The average molecular weight is 376 g/mol. The van der Waals surface area contributed by atoms with Gasteiger partial charge in [0.1, 0.15) is 0 Å². The molecule has 0 aliphatic carbocycles. The van der Waals surface area contributed by atoms with Crippen LogP contribution in [-0.2, 0) is 14.6 Å². The molecule has 0 spiro atoms. The molecule has 0 fully saturated rings. The van der Waals surface area contributed by atoms with Crippen molar-refractivity contribution in [2.45, 2.75) is 56.2 Å². The molecule has 0 atom stereocenters. The standard InChI is InChI=1S/C17H21Cl3N2O/c1-15(2,3)11-7-10(8-12(9-11)16(4,5)6)13-21-22-14(23-13)17(18,19)20/h7-9H,1-6H3. The van der Waals surface area contributed by atoms with Gasteiger partial charge in [0.2, 0.25) is 5.89 Å². The molecule has 2 rings (SSSR count). The van der Waals surface area contributed by atoms with Crippen LogP contribution >= 0.6 is 34.8 Å². The quantitative estimate of drug-likeness (QED) is 0.560. The molecule has 0 N–H and O–H groups in total. The van der Waals surface area contributed by atoms with Crippen LogP contribution in [0.1, 0.15) is 58.6 Å². The van der Waals surface area contributed by atoms with Gasteiger partial charge in [-0.05, 0) is 34.1 Å². The first-order valence-corrected chi connectivity index (χ1v) is 8.49. The Morgan fingerprint density at radius 1 is 0.783 bits per heavy atom. The van der Waals surface area contributed by atoms with Crippen LogP contribution in [-0.4, -0.2) is 10.2 Å². The molecular formula is C17H21Cl3N2O. The van der Waals surface area contributed by atoms with Crippen molar-refractivity contribution in [3.05, 3.63) is 35.2 Å². The van der Waals surface area contributed by atoms with E-state index in [4.69, 9.17) is 39.2 Å². The number of aromatic nitrogens is 2. The zero-order chi connectivity index (χ0) is 17.6. The molecule has 126 valence electrons. The summed E-state index contributed by atoms with van der Waals surface area (Å²) in [5.74, 6) is 0.318. The molecule has 23 heavy (non-hydrogen) atoms. The maximum absolute atomic E-state index is 5.80. The Kier molecular flexibility index (Phi) is 4.80. The first-order chi connectivity index (χ1) is 10.3. The molecule has 0 aliphatic heterocycles. The van der Waals surface area contributed by atoms with E-state index >= 15 is 0 Å². The third-order valence-electron chi connectivity index (χ3n) is 3.58. The summed E-state index contributed by atoms with van der Waals surface area (Å²) in [7, 11) is 0. The van der Waals surface area contributed by atoms with Crippen molar-refractivity contribution in [3.63, 3.8) is 0 Å². The largest absolute Gasteiger partial charge is 0.416 e. The molecule has 0 saturated heterocycles. The molecule has 2 aromatic rings. The first kappa shape index (κ1) is 18.6. The minimum Gasteiger partial charge on any atom is -0.416 e. The maximum atomic E-state index is 5.80. The van der Waals surface area contributed by atoms with Gasteiger partial charge < -0.3 is 4.42 Å². The zero-order valence-electron chi connectivity index (χ0n) is 14.2. The van der Waals surface area contributed by atoms with Crippen LogP contribution in [0.4, 0.5) is 0 Å². The van der Waals surface area contributed by atoms with Crippen molar-refractivity contribution in [1.82, 2.24) is 10.2 Å². The molecule has 1 heterocycles. The molecular weight excluding hydrogens is 355 g/mol. The van der Waals surface area contributed by atoms with Crippen LogP contribution in [0.2, 0.25) is 0 Å². The van der Waals surface area contributed by atoms with Crippen LogP contribution in [0.5, 0.6) is 0 Å². The number of nitrogens with zero attached hydrogens (tertiary/aromatic N) is 2. The lowest BCUT2D eigenvalue weighted by Gasteiger charge is -2.25. The van der Waals surface area contributed by atoms with Gasteiger partial charge in [-0.15, -0.1) is 10.2 Å². The van der Waals surface area contributed by atoms with Gasteiger partial charge in [-0.1, -0.05) is 82.4 Å². The third kappa shape index (κ3) is 4.40. The van der Waals surface area contributed by atoms with Crippen molar-refractivity contribution in [2.75, 3.05) is 0 Å². The lowest BCUT2D eigenvalue weighted by atomic mass is 9.79. The van der Waals surface area contributed by atoms with Crippen molar-refractivity contribution >= 4 is 34.8 Å². The van der Waals surface area contributed by atoms with Gasteiger partial charge >= 0.3 is 0 Å². The summed E-state index contributed by atoms with van der Waals surface area (Å²) in [5, 5.41) is 7.86. The average Bonchev–Trinajstić information content (AvgIpc) is 2.85. The van der Waals surface area contributed by atoms with Gasteiger partial charge in [-0.3, -0.25) is 0 Å². The predicted molar refractivity (Wildman–Crippen MR) is 96.4 cm³/mol. The summed E-state index contributed by atoms with van der Waals surface area (Å²) in [5.41, 5.74) is 3.19. The molecule has 1 aromatic heterocycles. The second-order valence-electron chi connectivity index (χ2n) is 7.71. The number of benzene rings is 1. The van der Waals surface area contributed by atoms with Crippen LogP contribution in [0.3, 0.4) is 0 Å². The van der Waals surface area contributed by atoms with Gasteiger partial charge in [0.05, 0.1) is 0 Å². The Morgan fingerprint density at radius 3 is 1.61 bits per heavy atom. The highest BCUT2D eigenvalue weighted by atomic mass is 35.6. The second-order valence-corrected chi connectivity index (χ2v) is 9.99. The van der Waals surface area contributed by atoms with E-state index in [2.05, 4.69) is 57.8 Å². The molecule has 0 saturated carbocycles. The fraction of sp³-hybridized carbons (Fsp3) is 0.529. The van der Waals surface area contributed by atoms with E-state index in [1.54, 1.807) is 0 Å². The number of halogens is 3. The van der Waals surface area contributed by atoms with Gasteiger partial charge in [-0.25, -0.2) is 0 Å². The van der Waals surface area contributed by atoms with Gasteiger partial charge in [-0.2, -0.15) is 0 Å². The molecule has 1 aromatic carbocycles. The van der Waals surface area contributed by atoms with Crippen molar-refractivity contribution in [3.8, 4) is 11.5 Å². The Hall–Kier alpha value is -0.770. The van der Waals surface area contributed by atoms with Gasteiger partial charge in [0.15, 0.2) is 0 Å². The van der Waals surface area contributed by atoms with Crippen LogP contribution in [0.15, 0.2) is 22.6 Å². The highest BCUT2D eigenvalue weighted by molar-refractivity contribution is 6.66. The minimum atomic E-state index is -1.72. The number of rotatable bonds is 1. The topological polar surface area (TPSA) is 38.9 Å². The number of hydrogen-bond acceptors (Lipinski definition) is 3. The monoisotopic (exact) mass is 374 g/mol. The highest BCUT2D eigenvalue weighted by Gasteiger charge is 2.31. The Bertz CT molecular complexity index is 672. The Balaban J connectivity index is 2.60. The van der Waals surface area contributed by atoms with Gasteiger partial charge in [0.25, 0.3) is 9.68 Å². The lowest BCUT2D eigenvalue weighted by Crippen LogP contribution is -2.16. The molecule has 6 heteroatoms. The second kappa shape index (κ2) is 5.94. The van der Waals surface area contributed by atoms with E-state index < -0.39 is 3.79 Å². The molecule has 0 bridgehead atoms. The molecule has 0 amide bonds. The summed E-state index contributed by atoms with van der Waals surface area (Å²) in [6.45, 7) is 13.0. The fourth-order valence-electron chi connectivity index (χ4n) is 2.07. The number of hydrogen-bond donors (Lipinski definition) is 0. The molecule has 3 nitrogen and oxygen atoms in total. The van der Waals surface area contributed by atoms with Crippen LogP contribution in [0, 0.1) is 0 Å². The van der Waals surface area contributed by atoms with Crippen molar-refractivity contribution < 1.29 is 4.42 Å². The lowest BCUT2D eigenvalue weighted by molar-refractivity contribution is 0.513. The Morgan fingerprint density at radius 2 is 1.26 bits per heavy atom. The summed E-state index contributed by atoms with van der Waals surface area (Å²) in [6, 6.07) is 6.31.